The second kappa shape index (κ2) is 5.60. The van der Waals surface area contributed by atoms with Crippen LogP contribution in [0.4, 0.5) is 0 Å². The molecule has 6 atom stereocenters. The van der Waals surface area contributed by atoms with Crippen molar-refractivity contribution in [3.63, 3.8) is 0 Å². The summed E-state index contributed by atoms with van der Waals surface area (Å²) in [5, 5.41) is -0.936. The van der Waals surface area contributed by atoms with E-state index in [1.165, 1.54) is 6.42 Å². The smallest absolute Gasteiger partial charge is 0.324 e. The minimum Gasteiger partial charge on any atom is -0.459 e. The Bertz CT molecular complexity index is 601. The lowest BCUT2D eigenvalue weighted by Crippen LogP contribution is -2.49. The molecule has 4 rings (SSSR count). The van der Waals surface area contributed by atoms with Gasteiger partial charge in [-0.25, -0.2) is 8.42 Å². The van der Waals surface area contributed by atoms with Crippen LogP contribution >= 0.6 is 11.6 Å². The zero-order valence-corrected chi connectivity index (χ0v) is 14.9. The molecule has 3 saturated carbocycles. The van der Waals surface area contributed by atoms with Crippen LogP contribution in [0.5, 0.6) is 0 Å². The van der Waals surface area contributed by atoms with E-state index in [0.29, 0.717) is 6.42 Å². The number of hydrogen-bond acceptors (Lipinski definition) is 4. The zero-order chi connectivity index (χ0) is 16.4. The van der Waals surface area contributed by atoms with Crippen molar-refractivity contribution in [2.45, 2.75) is 80.7 Å². The summed E-state index contributed by atoms with van der Waals surface area (Å²) in [7, 11) is -3.25. The molecule has 1 heterocycles. The van der Waals surface area contributed by atoms with Crippen molar-refractivity contribution in [2.75, 3.05) is 0 Å². The van der Waals surface area contributed by atoms with Crippen LogP contribution in [0.3, 0.4) is 0 Å². The molecule has 0 aromatic carbocycles. The molecule has 1 saturated heterocycles. The lowest BCUT2D eigenvalue weighted by Gasteiger charge is -2.36. The Morgan fingerprint density at radius 1 is 1.22 bits per heavy atom. The lowest BCUT2D eigenvalue weighted by atomic mass is 9.89. The summed E-state index contributed by atoms with van der Waals surface area (Å²) in [6, 6.07) is -0.0519. The number of rotatable bonds is 3. The molecule has 1 aliphatic heterocycles. The Hall–Kier alpha value is -0.330. The normalized spacial score (nSPS) is 43.7. The van der Waals surface area contributed by atoms with Crippen LogP contribution < -0.4 is 0 Å². The van der Waals surface area contributed by atoms with E-state index in [-0.39, 0.29) is 35.3 Å². The minimum absolute atomic E-state index is 0.0951. The first-order chi connectivity index (χ1) is 10.9. The van der Waals surface area contributed by atoms with E-state index in [2.05, 4.69) is 0 Å². The Morgan fingerprint density at radius 3 is 2.57 bits per heavy atom. The molecule has 7 heteroatoms. The average Bonchev–Trinajstić information content (AvgIpc) is 3.11. The lowest BCUT2D eigenvalue weighted by molar-refractivity contribution is -0.153. The highest BCUT2D eigenvalue weighted by molar-refractivity contribution is 7.90. The van der Waals surface area contributed by atoms with E-state index < -0.39 is 21.4 Å². The molecular weight excluding hydrogens is 338 g/mol. The monoisotopic (exact) mass is 361 g/mol. The molecule has 0 radical (unpaired) electrons. The molecule has 0 spiro atoms. The Balaban J connectivity index is 1.64. The molecule has 4 fully saturated rings. The number of alkyl halides is 1. The second-order valence-electron chi connectivity index (χ2n) is 7.61. The first-order valence-corrected chi connectivity index (χ1v) is 10.7. The number of hydrogen-bond donors (Lipinski definition) is 0. The fraction of sp³-hybridized carbons (Fsp3) is 0.938. The molecule has 6 unspecified atom stereocenters. The fourth-order valence-electron chi connectivity index (χ4n) is 5.40. The first kappa shape index (κ1) is 16.2. The molecule has 23 heavy (non-hydrogen) atoms. The van der Waals surface area contributed by atoms with Crippen LogP contribution in [-0.4, -0.2) is 47.5 Å². The Labute approximate surface area is 142 Å². The van der Waals surface area contributed by atoms with Gasteiger partial charge in [-0.05, 0) is 44.4 Å². The van der Waals surface area contributed by atoms with Crippen molar-refractivity contribution in [1.82, 2.24) is 4.31 Å². The molecular formula is C16H24ClNO4S. The number of carbonyl (C=O) groups is 1. The molecule has 0 aromatic rings. The quantitative estimate of drug-likeness (QED) is 0.571. The van der Waals surface area contributed by atoms with E-state index in [0.717, 1.165) is 32.1 Å². The maximum absolute atomic E-state index is 13.0. The maximum Gasteiger partial charge on any atom is 0.324 e. The van der Waals surface area contributed by atoms with E-state index in [9.17, 15) is 13.2 Å². The number of carbonyl (C=O) groups excluding carboxylic acids is 1. The van der Waals surface area contributed by atoms with Gasteiger partial charge in [0.05, 0.1) is 11.3 Å². The molecule has 5 nitrogen and oxygen atoms in total. The third-order valence-corrected chi connectivity index (χ3v) is 8.92. The number of fused-ring (bicyclic) bond motifs is 1. The van der Waals surface area contributed by atoms with Gasteiger partial charge in [-0.3, -0.25) is 4.79 Å². The van der Waals surface area contributed by atoms with Gasteiger partial charge in [0.2, 0.25) is 10.0 Å². The number of nitrogens with zero attached hydrogens (tertiary/aromatic N) is 1. The van der Waals surface area contributed by atoms with Gasteiger partial charge >= 0.3 is 5.97 Å². The summed E-state index contributed by atoms with van der Waals surface area (Å²) in [5.74, 6) is -0.109. The third-order valence-electron chi connectivity index (χ3n) is 6.31. The largest absolute Gasteiger partial charge is 0.459 e. The van der Waals surface area contributed by atoms with E-state index in [4.69, 9.17) is 16.3 Å². The molecule has 4 aliphatic rings. The van der Waals surface area contributed by atoms with Crippen LogP contribution in [0.1, 0.15) is 51.9 Å². The predicted octanol–water partition coefficient (Wildman–Crippen LogP) is 2.28. The topological polar surface area (TPSA) is 63.7 Å². The summed E-state index contributed by atoms with van der Waals surface area (Å²) in [4.78, 5) is 12.0. The summed E-state index contributed by atoms with van der Waals surface area (Å²) in [6.07, 6.45) is 6.44. The van der Waals surface area contributed by atoms with Crippen LogP contribution in [0.25, 0.3) is 0 Å². The van der Waals surface area contributed by atoms with Gasteiger partial charge in [-0.1, -0.05) is 19.3 Å². The molecule has 2 bridgehead atoms. The van der Waals surface area contributed by atoms with Crippen molar-refractivity contribution in [3.8, 4) is 0 Å². The number of esters is 1. The summed E-state index contributed by atoms with van der Waals surface area (Å²) < 4.78 is 33.5. The van der Waals surface area contributed by atoms with Crippen LogP contribution in [0.15, 0.2) is 0 Å². The van der Waals surface area contributed by atoms with Crippen molar-refractivity contribution < 1.29 is 17.9 Å². The van der Waals surface area contributed by atoms with Crippen LogP contribution in [0.2, 0.25) is 0 Å². The van der Waals surface area contributed by atoms with Crippen molar-refractivity contribution in [2.24, 2.45) is 11.8 Å². The van der Waals surface area contributed by atoms with Crippen LogP contribution in [-0.2, 0) is 19.6 Å². The number of sulfonamides is 1. The third kappa shape index (κ3) is 2.35. The Kier molecular flexibility index (Phi) is 3.93. The van der Waals surface area contributed by atoms with Gasteiger partial charge in [0.1, 0.15) is 11.5 Å². The second-order valence-corrected chi connectivity index (χ2v) is 10.3. The fourth-order valence-corrected chi connectivity index (χ4v) is 8.21. The van der Waals surface area contributed by atoms with Gasteiger partial charge in [0.25, 0.3) is 0 Å². The molecule has 0 aromatic heterocycles. The summed E-state index contributed by atoms with van der Waals surface area (Å²) in [5.41, 5.74) is 0. The van der Waals surface area contributed by atoms with Gasteiger partial charge in [-0.15, -0.1) is 11.6 Å². The van der Waals surface area contributed by atoms with Gasteiger partial charge < -0.3 is 4.74 Å². The molecule has 0 amide bonds. The van der Waals surface area contributed by atoms with Crippen LogP contribution in [0, 0.1) is 11.8 Å². The molecule has 130 valence electrons. The highest BCUT2D eigenvalue weighted by Gasteiger charge is 2.68. The van der Waals surface area contributed by atoms with Gasteiger partial charge in [-0.2, -0.15) is 4.31 Å². The van der Waals surface area contributed by atoms with Crippen molar-refractivity contribution in [1.29, 1.82) is 0 Å². The van der Waals surface area contributed by atoms with E-state index in [1.54, 1.807) is 11.2 Å². The predicted molar refractivity (Wildman–Crippen MR) is 86.6 cm³/mol. The van der Waals surface area contributed by atoms with Crippen molar-refractivity contribution >= 4 is 27.6 Å². The van der Waals surface area contributed by atoms with E-state index in [1.807, 2.05) is 0 Å². The minimum atomic E-state index is -3.25. The summed E-state index contributed by atoms with van der Waals surface area (Å²) in [6.45, 7) is 1.60. The number of ether oxygens (including phenoxy) is 1. The zero-order valence-electron chi connectivity index (χ0n) is 13.4. The molecule has 3 aliphatic carbocycles. The number of halogens is 1. The van der Waals surface area contributed by atoms with E-state index >= 15 is 0 Å². The first-order valence-electron chi connectivity index (χ1n) is 8.78. The average molecular weight is 362 g/mol. The van der Waals surface area contributed by atoms with Crippen molar-refractivity contribution in [3.05, 3.63) is 0 Å². The Morgan fingerprint density at radius 2 is 1.91 bits per heavy atom. The maximum atomic E-state index is 13.0. The standard InChI is InChI=1S/C16H24ClNO4S/c1-9(17)16(19)22-15-10-7-12-13(8-10)23(20,21)18(14(12)15)11-5-3-2-4-6-11/h9-15H,2-8H2,1H3. The highest BCUT2D eigenvalue weighted by atomic mass is 35.5. The van der Waals surface area contributed by atoms with Gasteiger partial charge in [0.15, 0.2) is 0 Å². The molecule has 0 N–H and O–H groups in total. The SMILES string of the molecule is CC(Cl)C(=O)OC1C2CC3C1N(C1CCCCC1)S(=O)(=O)C3C2. The van der Waals surface area contributed by atoms with Gasteiger partial charge in [0, 0.05) is 6.04 Å². The summed E-state index contributed by atoms with van der Waals surface area (Å²) >= 11 is 5.84. The highest BCUT2D eigenvalue weighted by Crippen LogP contribution is 2.58.